The maximum absolute atomic E-state index is 14.7. The van der Waals surface area contributed by atoms with E-state index in [9.17, 15) is 4.39 Å². The summed E-state index contributed by atoms with van der Waals surface area (Å²) >= 11 is 0. The third kappa shape index (κ3) is 5.57. The van der Waals surface area contributed by atoms with Crippen LogP contribution in [0.4, 0.5) is 4.39 Å². The van der Waals surface area contributed by atoms with Crippen molar-refractivity contribution in [2.45, 2.75) is 26.2 Å². The molecule has 0 unspecified atom stereocenters. The van der Waals surface area contributed by atoms with E-state index in [0.717, 1.165) is 31.6 Å². The van der Waals surface area contributed by atoms with Crippen molar-refractivity contribution in [1.29, 1.82) is 5.41 Å². The van der Waals surface area contributed by atoms with Crippen LogP contribution < -0.4 is 0 Å². The van der Waals surface area contributed by atoms with E-state index in [0.29, 0.717) is 16.7 Å². The number of allylic oxidation sites excluding steroid dienone is 1. The number of piperidine rings is 1. The number of H-pyrrole nitrogens is 1. The standard InChI is InChI=1S/C22H25FN6/c1-16(14-26-22(24)29-11-4-3-5-12-29)18-8-9-19(20(23)13-18)21-25-10-6-7-17(2)27-15-28-21/h6-10,13-15,24H,1,3-5,11-12H2,2H3,(H,25,27,28)/b10-6?,17-7?,24-22?,26-14-. The van der Waals surface area contributed by atoms with E-state index in [-0.39, 0.29) is 11.8 Å². The molecule has 2 N–H and O–H groups in total. The molecule has 0 bridgehead atoms. The van der Waals surface area contributed by atoms with E-state index < -0.39 is 5.82 Å². The topological polar surface area (TPSA) is 81.0 Å². The van der Waals surface area contributed by atoms with Gasteiger partial charge in [-0.3, -0.25) is 5.41 Å². The molecule has 7 heteroatoms. The van der Waals surface area contributed by atoms with Gasteiger partial charge in [-0.2, -0.15) is 0 Å². The Hall–Kier alpha value is -3.35. The van der Waals surface area contributed by atoms with Crippen LogP contribution in [0.25, 0.3) is 17.0 Å². The van der Waals surface area contributed by atoms with Gasteiger partial charge in [0, 0.05) is 31.2 Å². The summed E-state index contributed by atoms with van der Waals surface area (Å²) < 4.78 is 14.7. The van der Waals surface area contributed by atoms with E-state index in [1.54, 1.807) is 24.4 Å². The Bertz CT molecular complexity index is 971. The van der Waals surface area contributed by atoms with Crippen molar-refractivity contribution < 1.29 is 4.39 Å². The summed E-state index contributed by atoms with van der Waals surface area (Å²) in [4.78, 5) is 17.6. The Balaban J connectivity index is 1.78. The molecule has 29 heavy (non-hydrogen) atoms. The summed E-state index contributed by atoms with van der Waals surface area (Å²) in [6.45, 7) is 7.56. The van der Waals surface area contributed by atoms with Gasteiger partial charge in [0.25, 0.3) is 0 Å². The zero-order valence-corrected chi connectivity index (χ0v) is 16.5. The second-order valence-electron chi connectivity index (χ2n) is 6.90. The average molecular weight is 392 g/mol. The van der Waals surface area contributed by atoms with Crippen LogP contribution in [0.1, 0.15) is 30.5 Å². The number of likely N-dealkylation sites (tertiary alicyclic amines) is 1. The smallest absolute Gasteiger partial charge is 0.217 e. The summed E-state index contributed by atoms with van der Waals surface area (Å²) in [5.74, 6) is 0.0452. The number of aromatic nitrogens is 3. The number of aromatic amines is 1. The molecule has 0 atom stereocenters. The third-order valence-corrected chi connectivity index (χ3v) is 4.69. The molecule has 1 saturated heterocycles. The number of nitrogens with zero attached hydrogens (tertiary/aromatic N) is 4. The minimum atomic E-state index is -0.448. The normalized spacial score (nSPS) is 13.9. The lowest BCUT2D eigenvalue weighted by Gasteiger charge is -2.26. The summed E-state index contributed by atoms with van der Waals surface area (Å²) in [6, 6.07) is 8.38. The predicted octanol–water partition coefficient (Wildman–Crippen LogP) is 4.55. The highest BCUT2D eigenvalue weighted by molar-refractivity contribution is 6.12. The molecule has 150 valence electrons. The number of benzene rings is 1. The maximum atomic E-state index is 14.7. The Morgan fingerprint density at radius 2 is 2.03 bits per heavy atom. The average Bonchev–Trinajstić information content (AvgIpc) is 2.84. The maximum Gasteiger partial charge on any atom is 0.217 e. The first-order valence-corrected chi connectivity index (χ1v) is 9.61. The highest BCUT2D eigenvalue weighted by Gasteiger charge is 2.13. The summed E-state index contributed by atoms with van der Waals surface area (Å²) in [6.07, 6.45) is 7.94. The number of halogens is 1. The minimum absolute atomic E-state index is 0.223. The first-order valence-electron chi connectivity index (χ1n) is 9.61. The molecule has 1 aromatic heterocycles. The van der Waals surface area contributed by atoms with E-state index in [1.807, 2.05) is 17.9 Å². The zero-order chi connectivity index (χ0) is 20.6. The van der Waals surface area contributed by atoms with Crippen LogP contribution in [0.3, 0.4) is 0 Å². The van der Waals surface area contributed by atoms with Crippen LogP contribution in [0, 0.1) is 18.2 Å². The lowest BCUT2D eigenvalue weighted by atomic mass is 10.1. The molecule has 0 spiro atoms. The summed E-state index contributed by atoms with van der Waals surface area (Å²) in [5.41, 5.74) is 2.34. The van der Waals surface area contributed by atoms with Crippen molar-refractivity contribution in [2.24, 2.45) is 4.99 Å². The number of nitrogens with one attached hydrogen (secondary N) is 2. The van der Waals surface area contributed by atoms with Crippen LogP contribution in [0.2, 0.25) is 0 Å². The number of aliphatic imine (C=N–C) groups is 1. The monoisotopic (exact) mass is 392 g/mol. The molecule has 1 fully saturated rings. The molecule has 0 amide bonds. The van der Waals surface area contributed by atoms with Gasteiger partial charge < -0.3 is 9.88 Å². The van der Waals surface area contributed by atoms with Gasteiger partial charge in [-0.15, -0.1) is 0 Å². The van der Waals surface area contributed by atoms with Crippen molar-refractivity contribution in [2.75, 3.05) is 13.1 Å². The Morgan fingerprint density at radius 1 is 1.24 bits per heavy atom. The van der Waals surface area contributed by atoms with Crippen LogP contribution >= 0.6 is 0 Å². The first kappa shape index (κ1) is 20.4. The first-order chi connectivity index (χ1) is 14.0. The number of aryl methyl sites for hydroxylation is 1. The lowest BCUT2D eigenvalue weighted by Crippen LogP contribution is -2.34. The fourth-order valence-corrected chi connectivity index (χ4v) is 3.01. The van der Waals surface area contributed by atoms with E-state index >= 15 is 0 Å². The third-order valence-electron chi connectivity index (χ3n) is 4.69. The number of hydrogen-bond donors (Lipinski definition) is 2. The quantitative estimate of drug-likeness (QED) is 0.594. The van der Waals surface area contributed by atoms with E-state index in [4.69, 9.17) is 5.41 Å². The Morgan fingerprint density at radius 3 is 2.79 bits per heavy atom. The summed E-state index contributed by atoms with van der Waals surface area (Å²) in [5, 5.41) is 8.08. The molecule has 0 saturated carbocycles. The molecule has 2 heterocycles. The highest BCUT2D eigenvalue weighted by Crippen LogP contribution is 2.22. The molecule has 2 aromatic rings. The second kappa shape index (κ2) is 9.73. The molecular weight excluding hydrogens is 367 g/mol. The fraction of sp³-hybridized carbons (Fsp3) is 0.273. The molecule has 0 aliphatic carbocycles. The fourth-order valence-electron chi connectivity index (χ4n) is 3.01. The molecule has 1 aromatic carbocycles. The van der Waals surface area contributed by atoms with Crippen LogP contribution in [-0.4, -0.2) is 45.1 Å². The highest BCUT2D eigenvalue weighted by atomic mass is 19.1. The second-order valence-corrected chi connectivity index (χ2v) is 6.90. The van der Waals surface area contributed by atoms with Crippen molar-refractivity contribution in [1.82, 2.24) is 19.9 Å². The molecule has 3 rings (SSSR count). The predicted molar refractivity (Wildman–Crippen MR) is 115 cm³/mol. The van der Waals surface area contributed by atoms with Crippen LogP contribution in [0.5, 0.6) is 0 Å². The van der Waals surface area contributed by atoms with Crippen molar-refractivity contribution in [3.05, 3.63) is 66.5 Å². The number of rotatable bonds is 3. The van der Waals surface area contributed by atoms with Gasteiger partial charge in [0.2, 0.25) is 5.96 Å². The van der Waals surface area contributed by atoms with Gasteiger partial charge in [-0.25, -0.2) is 19.4 Å². The largest absolute Gasteiger partial charge is 0.350 e. The molecule has 6 nitrogen and oxygen atoms in total. The Kier molecular flexibility index (Phi) is 6.84. The molecule has 0 radical (unpaired) electrons. The van der Waals surface area contributed by atoms with Gasteiger partial charge in [0.05, 0.1) is 11.9 Å². The van der Waals surface area contributed by atoms with Gasteiger partial charge in [-0.05, 0) is 61.6 Å². The number of hydrogen-bond acceptors (Lipinski definition) is 3. The van der Waals surface area contributed by atoms with Crippen LogP contribution in [0.15, 0.2) is 54.4 Å². The van der Waals surface area contributed by atoms with Crippen molar-refractivity contribution in [3.8, 4) is 11.4 Å². The lowest BCUT2D eigenvalue weighted by molar-refractivity contribution is 0.337. The van der Waals surface area contributed by atoms with Gasteiger partial charge in [0.15, 0.2) is 5.82 Å². The molecule has 1 aliphatic rings. The van der Waals surface area contributed by atoms with Crippen molar-refractivity contribution in [3.63, 3.8) is 0 Å². The molecule has 1 aliphatic heterocycles. The summed E-state index contributed by atoms with van der Waals surface area (Å²) in [7, 11) is 0. The van der Waals surface area contributed by atoms with E-state index in [1.165, 1.54) is 25.0 Å². The Labute approximate surface area is 170 Å². The SMILES string of the molecule is C=C(/C=N\C(=N)N1CCCCC1)c1ccc(-c2ncccc(C)[nH]cn2)c(F)c1. The van der Waals surface area contributed by atoms with Gasteiger partial charge >= 0.3 is 0 Å². The zero-order valence-electron chi connectivity index (χ0n) is 16.5. The number of guanidine groups is 1. The van der Waals surface area contributed by atoms with Gasteiger partial charge in [-0.1, -0.05) is 12.6 Å². The van der Waals surface area contributed by atoms with Crippen molar-refractivity contribution >= 4 is 17.7 Å². The van der Waals surface area contributed by atoms with Gasteiger partial charge in [0.1, 0.15) is 5.82 Å². The van der Waals surface area contributed by atoms with Crippen LogP contribution in [-0.2, 0) is 0 Å². The molecular formula is C22H25FN6. The van der Waals surface area contributed by atoms with E-state index in [2.05, 4.69) is 26.5 Å². The minimum Gasteiger partial charge on any atom is -0.350 e.